The summed E-state index contributed by atoms with van der Waals surface area (Å²) in [5.41, 5.74) is 1.40. The summed E-state index contributed by atoms with van der Waals surface area (Å²) < 4.78 is 0. The molecule has 0 aliphatic carbocycles. The summed E-state index contributed by atoms with van der Waals surface area (Å²) in [4.78, 5) is 2.66. The van der Waals surface area contributed by atoms with Crippen molar-refractivity contribution in [3.8, 4) is 0 Å². The smallest absolute Gasteiger partial charge is 0.0355 e. The van der Waals surface area contributed by atoms with Crippen LogP contribution in [0.1, 0.15) is 38.8 Å². The lowest BCUT2D eigenvalue weighted by atomic mass is 9.89. The van der Waals surface area contributed by atoms with Gasteiger partial charge >= 0.3 is 0 Å². The molecule has 1 aliphatic rings. The molecule has 1 aromatic rings. The van der Waals surface area contributed by atoms with Gasteiger partial charge in [-0.1, -0.05) is 51.1 Å². The van der Waals surface area contributed by atoms with Gasteiger partial charge in [0.1, 0.15) is 0 Å². The Hall–Kier alpha value is -0.860. The zero-order valence-electron chi connectivity index (χ0n) is 13.5. The van der Waals surface area contributed by atoms with E-state index in [9.17, 15) is 0 Å². The van der Waals surface area contributed by atoms with Crippen LogP contribution in [-0.4, -0.2) is 31.6 Å². The summed E-state index contributed by atoms with van der Waals surface area (Å²) in [6.07, 6.45) is 1.39. The molecule has 112 valence electrons. The van der Waals surface area contributed by atoms with Crippen molar-refractivity contribution >= 4 is 0 Å². The molecule has 2 heteroatoms. The Labute approximate surface area is 124 Å². The molecule has 4 unspecified atom stereocenters. The van der Waals surface area contributed by atoms with E-state index in [0.717, 1.165) is 11.8 Å². The van der Waals surface area contributed by atoms with Crippen molar-refractivity contribution in [1.82, 2.24) is 10.2 Å². The second-order valence-electron chi connectivity index (χ2n) is 6.82. The van der Waals surface area contributed by atoms with Crippen LogP contribution in [0.15, 0.2) is 30.3 Å². The first-order chi connectivity index (χ1) is 9.60. The normalized spacial score (nSPS) is 27.2. The summed E-state index contributed by atoms with van der Waals surface area (Å²) in [6.45, 7) is 10.9. The molecule has 0 amide bonds. The highest BCUT2D eigenvalue weighted by Crippen LogP contribution is 2.26. The molecule has 0 bridgehead atoms. The van der Waals surface area contributed by atoms with Gasteiger partial charge < -0.3 is 10.2 Å². The van der Waals surface area contributed by atoms with Crippen molar-refractivity contribution in [2.75, 3.05) is 26.7 Å². The van der Waals surface area contributed by atoms with Crippen LogP contribution in [-0.2, 0) is 0 Å². The third kappa shape index (κ3) is 4.07. The molecular formula is C18H30N2. The zero-order chi connectivity index (χ0) is 14.5. The SMILES string of the molecule is CNC(c1ccccc1)C(C)CN1CC(C)CC(C)C1. The maximum atomic E-state index is 3.50. The lowest BCUT2D eigenvalue weighted by Crippen LogP contribution is -2.42. The van der Waals surface area contributed by atoms with Crippen LogP contribution in [0.4, 0.5) is 0 Å². The van der Waals surface area contributed by atoms with Crippen molar-refractivity contribution in [2.24, 2.45) is 17.8 Å². The molecule has 0 spiro atoms. The van der Waals surface area contributed by atoms with E-state index in [4.69, 9.17) is 0 Å². The highest BCUT2D eigenvalue weighted by molar-refractivity contribution is 5.19. The van der Waals surface area contributed by atoms with Crippen molar-refractivity contribution < 1.29 is 0 Å². The van der Waals surface area contributed by atoms with Crippen molar-refractivity contribution in [1.29, 1.82) is 0 Å². The molecular weight excluding hydrogens is 244 g/mol. The molecule has 0 saturated carbocycles. The topological polar surface area (TPSA) is 15.3 Å². The second kappa shape index (κ2) is 7.24. The predicted octanol–water partition coefficient (Wildman–Crippen LogP) is 3.56. The molecule has 0 aromatic heterocycles. The van der Waals surface area contributed by atoms with Crippen LogP contribution in [0.5, 0.6) is 0 Å². The highest BCUT2D eigenvalue weighted by atomic mass is 15.1. The van der Waals surface area contributed by atoms with Gasteiger partial charge in [0.15, 0.2) is 0 Å². The molecule has 4 atom stereocenters. The minimum absolute atomic E-state index is 0.448. The van der Waals surface area contributed by atoms with Gasteiger partial charge in [-0.3, -0.25) is 0 Å². The highest BCUT2D eigenvalue weighted by Gasteiger charge is 2.25. The van der Waals surface area contributed by atoms with Gasteiger partial charge in [0.2, 0.25) is 0 Å². The number of hydrogen-bond donors (Lipinski definition) is 1. The lowest BCUT2D eigenvalue weighted by Gasteiger charge is -2.38. The van der Waals surface area contributed by atoms with Crippen LogP contribution in [0, 0.1) is 17.8 Å². The Morgan fingerprint density at radius 2 is 1.75 bits per heavy atom. The van der Waals surface area contributed by atoms with Gasteiger partial charge in [0, 0.05) is 25.7 Å². The van der Waals surface area contributed by atoms with Gasteiger partial charge in [0.25, 0.3) is 0 Å². The minimum Gasteiger partial charge on any atom is -0.313 e. The van der Waals surface area contributed by atoms with E-state index in [1.54, 1.807) is 0 Å². The Kier molecular flexibility index (Phi) is 5.62. The lowest BCUT2D eigenvalue weighted by molar-refractivity contribution is 0.116. The molecule has 1 aliphatic heterocycles. The summed E-state index contributed by atoms with van der Waals surface area (Å²) in [5.74, 6) is 2.31. The van der Waals surface area contributed by atoms with Crippen molar-refractivity contribution in [2.45, 2.75) is 33.2 Å². The molecule has 2 nitrogen and oxygen atoms in total. The fraction of sp³-hybridized carbons (Fsp3) is 0.667. The Morgan fingerprint density at radius 1 is 1.15 bits per heavy atom. The summed E-state index contributed by atoms with van der Waals surface area (Å²) >= 11 is 0. The number of rotatable bonds is 5. The number of piperidine rings is 1. The van der Waals surface area contributed by atoms with E-state index in [-0.39, 0.29) is 0 Å². The van der Waals surface area contributed by atoms with E-state index in [0.29, 0.717) is 12.0 Å². The molecule has 1 heterocycles. The molecule has 1 aromatic carbocycles. The van der Waals surface area contributed by atoms with Gasteiger partial charge in [-0.05, 0) is 36.8 Å². The third-order valence-corrected chi connectivity index (χ3v) is 4.53. The molecule has 1 fully saturated rings. The van der Waals surface area contributed by atoms with Crippen LogP contribution in [0.25, 0.3) is 0 Å². The first-order valence-corrected chi connectivity index (χ1v) is 8.04. The number of hydrogen-bond acceptors (Lipinski definition) is 2. The Bertz CT molecular complexity index is 380. The third-order valence-electron chi connectivity index (χ3n) is 4.53. The molecule has 0 radical (unpaired) electrons. The molecule has 20 heavy (non-hydrogen) atoms. The summed E-state index contributed by atoms with van der Waals surface area (Å²) in [5, 5.41) is 3.50. The van der Waals surface area contributed by atoms with Crippen LogP contribution < -0.4 is 5.32 Å². The first-order valence-electron chi connectivity index (χ1n) is 8.04. The molecule has 1 saturated heterocycles. The average molecular weight is 274 g/mol. The predicted molar refractivity (Wildman–Crippen MR) is 86.8 cm³/mol. The van der Waals surface area contributed by atoms with Crippen molar-refractivity contribution in [3.63, 3.8) is 0 Å². The van der Waals surface area contributed by atoms with Crippen LogP contribution in [0.3, 0.4) is 0 Å². The van der Waals surface area contributed by atoms with E-state index < -0.39 is 0 Å². The van der Waals surface area contributed by atoms with Crippen molar-refractivity contribution in [3.05, 3.63) is 35.9 Å². The van der Waals surface area contributed by atoms with E-state index in [2.05, 4.69) is 68.4 Å². The summed E-state index contributed by atoms with van der Waals surface area (Å²) in [7, 11) is 2.08. The summed E-state index contributed by atoms with van der Waals surface area (Å²) in [6, 6.07) is 11.3. The second-order valence-corrected chi connectivity index (χ2v) is 6.82. The Balaban J connectivity index is 1.97. The zero-order valence-corrected chi connectivity index (χ0v) is 13.5. The van der Waals surface area contributed by atoms with Crippen LogP contribution in [0.2, 0.25) is 0 Å². The van der Waals surface area contributed by atoms with Gasteiger partial charge in [-0.15, -0.1) is 0 Å². The van der Waals surface area contributed by atoms with Gasteiger partial charge in [0.05, 0.1) is 0 Å². The van der Waals surface area contributed by atoms with Crippen LogP contribution >= 0.6 is 0 Å². The number of benzene rings is 1. The minimum atomic E-state index is 0.448. The van der Waals surface area contributed by atoms with Gasteiger partial charge in [-0.2, -0.15) is 0 Å². The molecule has 1 N–H and O–H groups in total. The maximum Gasteiger partial charge on any atom is 0.0355 e. The maximum absolute atomic E-state index is 3.50. The number of nitrogens with one attached hydrogen (secondary N) is 1. The average Bonchev–Trinajstić information content (AvgIpc) is 2.39. The standard InChI is InChI=1S/C18H30N2/c1-14-10-15(2)12-20(11-14)13-16(3)18(19-4)17-8-6-5-7-9-17/h5-9,14-16,18-19H,10-13H2,1-4H3. The quantitative estimate of drug-likeness (QED) is 0.883. The monoisotopic (exact) mass is 274 g/mol. The number of likely N-dealkylation sites (tertiary alicyclic amines) is 1. The van der Waals surface area contributed by atoms with Gasteiger partial charge in [-0.25, -0.2) is 0 Å². The molecule has 2 rings (SSSR count). The first kappa shape index (κ1) is 15.5. The number of nitrogens with zero attached hydrogens (tertiary/aromatic N) is 1. The van der Waals surface area contributed by atoms with E-state index in [1.165, 1.54) is 31.6 Å². The van der Waals surface area contributed by atoms with E-state index >= 15 is 0 Å². The van der Waals surface area contributed by atoms with E-state index in [1.807, 2.05) is 0 Å². The fourth-order valence-electron chi connectivity index (χ4n) is 3.89. The fourth-order valence-corrected chi connectivity index (χ4v) is 3.89. The largest absolute Gasteiger partial charge is 0.313 e. The Morgan fingerprint density at radius 3 is 2.30 bits per heavy atom.